The maximum absolute atomic E-state index is 9.75. The van der Waals surface area contributed by atoms with E-state index in [1.165, 1.54) is 5.56 Å². The molecular formula is C16H26N2O. The van der Waals surface area contributed by atoms with Gasteiger partial charge in [0.1, 0.15) is 0 Å². The van der Waals surface area contributed by atoms with Gasteiger partial charge >= 0.3 is 0 Å². The predicted octanol–water partition coefficient (Wildman–Crippen LogP) is 2.18. The summed E-state index contributed by atoms with van der Waals surface area (Å²) >= 11 is 0. The number of rotatable bonds is 5. The molecule has 0 aromatic heterocycles. The van der Waals surface area contributed by atoms with Crippen LogP contribution in [0.1, 0.15) is 38.8 Å². The van der Waals surface area contributed by atoms with Crippen molar-refractivity contribution < 1.29 is 5.11 Å². The molecule has 1 aromatic carbocycles. The number of aliphatic hydroxyl groups is 1. The smallest absolute Gasteiger partial charge is 0.0715 e. The van der Waals surface area contributed by atoms with Crippen LogP contribution >= 0.6 is 0 Å². The Bertz CT molecular complexity index is 385. The van der Waals surface area contributed by atoms with Gasteiger partial charge in [0.2, 0.25) is 0 Å². The van der Waals surface area contributed by atoms with E-state index < -0.39 is 5.60 Å². The van der Waals surface area contributed by atoms with Gasteiger partial charge in [-0.05, 0) is 32.8 Å². The first-order chi connectivity index (χ1) is 8.96. The molecule has 3 nitrogen and oxygen atoms in total. The lowest BCUT2D eigenvalue weighted by Crippen LogP contribution is -2.42. The molecule has 1 aliphatic rings. The Morgan fingerprint density at radius 3 is 2.68 bits per heavy atom. The summed E-state index contributed by atoms with van der Waals surface area (Å²) < 4.78 is 0. The first kappa shape index (κ1) is 14.5. The van der Waals surface area contributed by atoms with Crippen molar-refractivity contribution >= 4 is 0 Å². The molecule has 1 saturated heterocycles. The van der Waals surface area contributed by atoms with Gasteiger partial charge in [-0.15, -0.1) is 0 Å². The lowest BCUT2D eigenvalue weighted by molar-refractivity contribution is 0.0764. The molecule has 1 heterocycles. The molecule has 2 rings (SSSR count). The van der Waals surface area contributed by atoms with Gasteiger partial charge in [-0.25, -0.2) is 0 Å². The molecule has 2 atom stereocenters. The van der Waals surface area contributed by atoms with Crippen LogP contribution in [0.3, 0.4) is 0 Å². The fourth-order valence-corrected chi connectivity index (χ4v) is 2.64. The van der Waals surface area contributed by atoms with E-state index in [9.17, 15) is 5.11 Å². The molecule has 19 heavy (non-hydrogen) atoms. The standard InChI is InChI=1S/C16H26N2O/c1-13(14-7-5-4-6-8-14)18-10-9-15(11-18)17-12-16(2,3)19/h4-8,13,15,17,19H,9-12H2,1-3H3. The quantitative estimate of drug-likeness (QED) is 0.854. The molecule has 3 heteroatoms. The van der Waals surface area contributed by atoms with Gasteiger partial charge in [0.25, 0.3) is 0 Å². The van der Waals surface area contributed by atoms with Crippen LogP contribution in [0.15, 0.2) is 30.3 Å². The third kappa shape index (κ3) is 4.30. The fraction of sp³-hybridized carbons (Fsp3) is 0.625. The van der Waals surface area contributed by atoms with Crippen LogP contribution in [0.4, 0.5) is 0 Å². The summed E-state index contributed by atoms with van der Waals surface area (Å²) in [7, 11) is 0. The lowest BCUT2D eigenvalue weighted by Gasteiger charge is -2.26. The van der Waals surface area contributed by atoms with Crippen molar-refractivity contribution in [2.45, 2.75) is 44.9 Å². The number of likely N-dealkylation sites (tertiary alicyclic amines) is 1. The normalized spacial score (nSPS) is 22.6. The third-order valence-electron chi connectivity index (χ3n) is 3.87. The van der Waals surface area contributed by atoms with Crippen molar-refractivity contribution in [1.29, 1.82) is 0 Å². The van der Waals surface area contributed by atoms with Crippen LogP contribution in [-0.2, 0) is 0 Å². The minimum absolute atomic E-state index is 0.468. The molecule has 1 aliphatic heterocycles. The summed E-state index contributed by atoms with van der Waals surface area (Å²) in [6, 6.07) is 11.6. The highest BCUT2D eigenvalue weighted by molar-refractivity contribution is 5.18. The average molecular weight is 262 g/mol. The van der Waals surface area contributed by atoms with E-state index in [-0.39, 0.29) is 0 Å². The molecule has 0 spiro atoms. The molecule has 0 bridgehead atoms. The molecule has 1 fully saturated rings. The zero-order chi connectivity index (χ0) is 13.9. The van der Waals surface area contributed by atoms with Gasteiger partial charge in [0.05, 0.1) is 5.60 Å². The Morgan fingerprint density at radius 1 is 1.37 bits per heavy atom. The van der Waals surface area contributed by atoms with E-state index in [2.05, 4.69) is 47.5 Å². The van der Waals surface area contributed by atoms with E-state index in [1.807, 2.05) is 13.8 Å². The average Bonchev–Trinajstić information content (AvgIpc) is 2.84. The number of hydrogen-bond donors (Lipinski definition) is 2. The minimum Gasteiger partial charge on any atom is -0.389 e. The van der Waals surface area contributed by atoms with E-state index in [1.54, 1.807) is 0 Å². The van der Waals surface area contributed by atoms with Crippen molar-refractivity contribution in [3.8, 4) is 0 Å². The van der Waals surface area contributed by atoms with Crippen LogP contribution in [-0.4, -0.2) is 41.3 Å². The fourth-order valence-electron chi connectivity index (χ4n) is 2.64. The van der Waals surface area contributed by atoms with Crippen LogP contribution < -0.4 is 5.32 Å². The van der Waals surface area contributed by atoms with E-state index in [4.69, 9.17) is 0 Å². The molecule has 106 valence electrons. The Morgan fingerprint density at radius 2 is 2.05 bits per heavy atom. The Kier molecular flexibility index (Phi) is 4.61. The van der Waals surface area contributed by atoms with Crippen molar-refractivity contribution in [3.05, 3.63) is 35.9 Å². The van der Waals surface area contributed by atoms with Gasteiger partial charge < -0.3 is 10.4 Å². The highest BCUT2D eigenvalue weighted by atomic mass is 16.3. The van der Waals surface area contributed by atoms with Gasteiger partial charge in [0.15, 0.2) is 0 Å². The largest absolute Gasteiger partial charge is 0.389 e. The Hall–Kier alpha value is -0.900. The number of benzene rings is 1. The van der Waals surface area contributed by atoms with Crippen LogP contribution in [0, 0.1) is 0 Å². The van der Waals surface area contributed by atoms with Crippen molar-refractivity contribution in [2.75, 3.05) is 19.6 Å². The van der Waals surface area contributed by atoms with Crippen LogP contribution in [0.2, 0.25) is 0 Å². The summed E-state index contributed by atoms with van der Waals surface area (Å²) in [4.78, 5) is 2.51. The second kappa shape index (κ2) is 6.04. The molecule has 0 saturated carbocycles. The van der Waals surface area contributed by atoms with E-state index >= 15 is 0 Å². The molecule has 0 amide bonds. The van der Waals surface area contributed by atoms with Crippen molar-refractivity contribution in [3.63, 3.8) is 0 Å². The monoisotopic (exact) mass is 262 g/mol. The summed E-state index contributed by atoms with van der Waals surface area (Å²) in [5, 5.41) is 13.2. The Balaban J connectivity index is 1.85. The van der Waals surface area contributed by atoms with Crippen molar-refractivity contribution in [1.82, 2.24) is 10.2 Å². The number of hydrogen-bond acceptors (Lipinski definition) is 3. The second-order valence-electron chi connectivity index (χ2n) is 6.26. The third-order valence-corrected chi connectivity index (χ3v) is 3.87. The topological polar surface area (TPSA) is 35.5 Å². The molecule has 0 radical (unpaired) electrons. The molecule has 0 aliphatic carbocycles. The first-order valence-electron chi connectivity index (χ1n) is 7.20. The summed E-state index contributed by atoms with van der Waals surface area (Å²) in [5.41, 5.74) is 0.754. The predicted molar refractivity (Wildman–Crippen MR) is 79.1 cm³/mol. The molecule has 2 N–H and O–H groups in total. The van der Waals surface area contributed by atoms with Crippen LogP contribution in [0.25, 0.3) is 0 Å². The number of nitrogens with one attached hydrogen (secondary N) is 1. The SMILES string of the molecule is CC(c1ccccc1)N1CCC(NCC(C)(C)O)C1. The molecule has 1 aromatic rings. The lowest BCUT2D eigenvalue weighted by atomic mass is 10.1. The summed E-state index contributed by atoms with van der Waals surface area (Å²) in [6.07, 6.45) is 1.16. The molecular weight excluding hydrogens is 236 g/mol. The van der Waals surface area contributed by atoms with Crippen LogP contribution in [0.5, 0.6) is 0 Å². The van der Waals surface area contributed by atoms with E-state index in [0.717, 1.165) is 19.5 Å². The van der Waals surface area contributed by atoms with Gasteiger partial charge in [-0.1, -0.05) is 30.3 Å². The van der Waals surface area contributed by atoms with Gasteiger partial charge in [0, 0.05) is 31.7 Å². The van der Waals surface area contributed by atoms with Gasteiger partial charge in [-0.2, -0.15) is 0 Å². The zero-order valence-electron chi connectivity index (χ0n) is 12.3. The summed E-state index contributed by atoms with van der Waals surface area (Å²) in [6.45, 7) is 8.81. The maximum Gasteiger partial charge on any atom is 0.0715 e. The maximum atomic E-state index is 9.75. The van der Waals surface area contributed by atoms with Gasteiger partial charge in [-0.3, -0.25) is 4.90 Å². The molecule has 2 unspecified atom stereocenters. The van der Waals surface area contributed by atoms with E-state index in [0.29, 0.717) is 18.6 Å². The summed E-state index contributed by atoms with van der Waals surface area (Å²) in [5.74, 6) is 0. The first-order valence-corrected chi connectivity index (χ1v) is 7.20. The number of nitrogens with zero attached hydrogens (tertiary/aromatic N) is 1. The van der Waals surface area contributed by atoms with Crippen molar-refractivity contribution in [2.24, 2.45) is 0 Å². The highest BCUT2D eigenvalue weighted by Crippen LogP contribution is 2.24. The Labute approximate surface area is 116 Å². The minimum atomic E-state index is -0.627. The highest BCUT2D eigenvalue weighted by Gasteiger charge is 2.27. The second-order valence-corrected chi connectivity index (χ2v) is 6.26. The zero-order valence-corrected chi connectivity index (χ0v) is 12.3.